The Kier molecular flexibility index (Phi) is 4.84. The van der Waals surface area contributed by atoms with Crippen molar-refractivity contribution in [2.24, 2.45) is 0 Å². The molecule has 20 heavy (non-hydrogen) atoms. The summed E-state index contributed by atoms with van der Waals surface area (Å²) in [4.78, 5) is 18.4. The summed E-state index contributed by atoms with van der Waals surface area (Å²) in [7, 11) is 0. The molecule has 0 aliphatic heterocycles. The number of nitrogens with zero attached hydrogens (tertiary/aromatic N) is 2. The fourth-order valence-electron chi connectivity index (χ4n) is 2.19. The number of aromatic nitrogens is 1. The molecule has 0 radical (unpaired) electrons. The number of hydrogen-bond acceptors (Lipinski definition) is 2. The van der Waals surface area contributed by atoms with Gasteiger partial charge in [0.1, 0.15) is 5.38 Å². The zero-order valence-corrected chi connectivity index (χ0v) is 12.9. The van der Waals surface area contributed by atoms with E-state index in [1.165, 1.54) is 0 Å². The summed E-state index contributed by atoms with van der Waals surface area (Å²) in [6.07, 6.45) is 1.67. The molecule has 0 aliphatic carbocycles. The van der Waals surface area contributed by atoms with Crippen LogP contribution in [0.2, 0.25) is 5.02 Å². The van der Waals surface area contributed by atoms with E-state index in [2.05, 4.69) is 4.98 Å². The molecule has 2 aromatic rings. The average molecular weight is 311 g/mol. The van der Waals surface area contributed by atoms with E-state index in [1.807, 2.05) is 26.0 Å². The molecule has 0 N–H and O–H groups in total. The molecular formula is C15H16Cl2N2O. The van der Waals surface area contributed by atoms with Crippen LogP contribution in [-0.4, -0.2) is 28.9 Å². The molecular weight excluding hydrogens is 295 g/mol. The molecule has 106 valence electrons. The van der Waals surface area contributed by atoms with Gasteiger partial charge in [0, 0.05) is 35.3 Å². The molecule has 5 heteroatoms. The molecule has 1 aromatic heterocycles. The number of alkyl halides is 1. The van der Waals surface area contributed by atoms with Crippen LogP contribution in [0.1, 0.15) is 24.8 Å². The standard InChI is InChI=1S/C15H16Cl2N2O/c1-3-19(4-2)15(20)13(17)11-7-8-12(16)10-6-5-9-18-14(10)11/h5-9,13H,3-4H2,1-2H3. The predicted octanol–water partition coefficient (Wildman–Crippen LogP) is 4.04. The highest BCUT2D eigenvalue weighted by molar-refractivity contribution is 6.36. The summed E-state index contributed by atoms with van der Waals surface area (Å²) < 4.78 is 0. The van der Waals surface area contributed by atoms with Crippen molar-refractivity contribution >= 4 is 40.0 Å². The maximum atomic E-state index is 12.4. The quantitative estimate of drug-likeness (QED) is 0.799. The minimum Gasteiger partial charge on any atom is -0.342 e. The Bertz CT molecular complexity index is 626. The number of rotatable bonds is 4. The third-order valence-corrected chi connectivity index (χ3v) is 4.06. The van der Waals surface area contributed by atoms with Crippen molar-refractivity contribution in [1.82, 2.24) is 9.88 Å². The summed E-state index contributed by atoms with van der Waals surface area (Å²) in [6.45, 7) is 5.14. The van der Waals surface area contributed by atoms with Gasteiger partial charge in [-0.05, 0) is 32.0 Å². The van der Waals surface area contributed by atoms with Crippen molar-refractivity contribution in [2.75, 3.05) is 13.1 Å². The Morgan fingerprint density at radius 3 is 2.65 bits per heavy atom. The number of fused-ring (bicyclic) bond motifs is 1. The smallest absolute Gasteiger partial charge is 0.245 e. The highest BCUT2D eigenvalue weighted by Crippen LogP contribution is 2.32. The predicted molar refractivity (Wildman–Crippen MR) is 83.3 cm³/mol. The minimum atomic E-state index is -0.746. The summed E-state index contributed by atoms with van der Waals surface area (Å²) >= 11 is 12.5. The van der Waals surface area contributed by atoms with Crippen molar-refractivity contribution in [3.8, 4) is 0 Å². The second kappa shape index (κ2) is 6.42. The van der Waals surface area contributed by atoms with Crippen molar-refractivity contribution in [1.29, 1.82) is 0 Å². The monoisotopic (exact) mass is 310 g/mol. The third kappa shape index (κ3) is 2.74. The van der Waals surface area contributed by atoms with Crippen LogP contribution < -0.4 is 0 Å². The first-order chi connectivity index (χ1) is 9.60. The molecule has 0 saturated carbocycles. The molecule has 1 atom stereocenters. The van der Waals surface area contributed by atoms with Gasteiger partial charge in [0.25, 0.3) is 0 Å². The Morgan fingerprint density at radius 1 is 1.30 bits per heavy atom. The summed E-state index contributed by atoms with van der Waals surface area (Å²) in [5.74, 6) is -0.106. The average Bonchev–Trinajstić information content (AvgIpc) is 2.48. The van der Waals surface area contributed by atoms with E-state index in [9.17, 15) is 4.79 Å². The van der Waals surface area contributed by atoms with Crippen molar-refractivity contribution < 1.29 is 4.79 Å². The van der Waals surface area contributed by atoms with Gasteiger partial charge in [0.2, 0.25) is 5.91 Å². The molecule has 0 fully saturated rings. The number of hydrogen-bond donors (Lipinski definition) is 0. The Labute approximate surface area is 128 Å². The second-order valence-electron chi connectivity index (χ2n) is 4.41. The topological polar surface area (TPSA) is 33.2 Å². The van der Waals surface area contributed by atoms with Gasteiger partial charge in [0.15, 0.2) is 0 Å². The van der Waals surface area contributed by atoms with Crippen molar-refractivity contribution in [3.63, 3.8) is 0 Å². The molecule has 0 spiro atoms. The largest absolute Gasteiger partial charge is 0.342 e. The zero-order chi connectivity index (χ0) is 14.7. The van der Waals surface area contributed by atoms with Crippen LogP contribution in [0.3, 0.4) is 0 Å². The van der Waals surface area contributed by atoms with Crippen LogP contribution in [0.4, 0.5) is 0 Å². The molecule has 0 bridgehead atoms. The van der Waals surface area contributed by atoms with Gasteiger partial charge >= 0.3 is 0 Å². The molecule has 0 saturated heterocycles. The lowest BCUT2D eigenvalue weighted by Crippen LogP contribution is -2.33. The van der Waals surface area contributed by atoms with Gasteiger partial charge in [-0.3, -0.25) is 9.78 Å². The highest BCUT2D eigenvalue weighted by Gasteiger charge is 2.24. The van der Waals surface area contributed by atoms with Crippen LogP contribution in [0.5, 0.6) is 0 Å². The van der Waals surface area contributed by atoms with E-state index in [0.29, 0.717) is 29.2 Å². The number of carbonyl (C=O) groups excluding carboxylic acids is 1. The fraction of sp³-hybridized carbons (Fsp3) is 0.333. The van der Waals surface area contributed by atoms with Crippen LogP contribution in [0.15, 0.2) is 30.5 Å². The SMILES string of the molecule is CCN(CC)C(=O)C(Cl)c1ccc(Cl)c2cccnc12. The van der Waals surface area contributed by atoms with Crippen LogP contribution in [0, 0.1) is 0 Å². The Balaban J connectivity index is 2.48. The molecule has 1 heterocycles. The van der Waals surface area contributed by atoms with E-state index >= 15 is 0 Å². The number of halogens is 2. The number of benzene rings is 1. The van der Waals surface area contributed by atoms with Gasteiger partial charge in [-0.25, -0.2) is 0 Å². The zero-order valence-electron chi connectivity index (χ0n) is 11.4. The van der Waals surface area contributed by atoms with Crippen molar-refractivity contribution in [2.45, 2.75) is 19.2 Å². The summed E-state index contributed by atoms with van der Waals surface area (Å²) in [6, 6.07) is 7.22. The Hall–Kier alpha value is -1.32. The van der Waals surface area contributed by atoms with Crippen LogP contribution in [-0.2, 0) is 4.79 Å². The second-order valence-corrected chi connectivity index (χ2v) is 5.25. The summed E-state index contributed by atoms with van der Waals surface area (Å²) in [5, 5.41) is 0.672. The van der Waals surface area contributed by atoms with Crippen LogP contribution in [0.25, 0.3) is 10.9 Å². The maximum absolute atomic E-state index is 12.4. The number of pyridine rings is 1. The first-order valence-electron chi connectivity index (χ1n) is 6.56. The maximum Gasteiger partial charge on any atom is 0.245 e. The number of amides is 1. The van der Waals surface area contributed by atoms with Gasteiger partial charge in [-0.15, -0.1) is 11.6 Å². The number of carbonyl (C=O) groups is 1. The Morgan fingerprint density at radius 2 is 2.00 bits per heavy atom. The highest BCUT2D eigenvalue weighted by atomic mass is 35.5. The first kappa shape index (κ1) is 15.1. The van der Waals surface area contributed by atoms with Crippen molar-refractivity contribution in [3.05, 3.63) is 41.0 Å². The van der Waals surface area contributed by atoms with Crippen LogP contribution >= 0.6 is 23.2 Å². The molecule has 2 rings (SSSR count). The lowest BCUT2D eigenvalue weighted by Gasteiger charge is -2.22. The third-order valence-electron chi connectivity index (χ3n) is 3.31. The first-order valence-corrected chi connectivity index (χ1v) is 7.37. The van der Waals surface area contributed by atoms with Gasteiger partial charge in [-0.1, -0.05) is 17.7 Å². The molecule has 1 amide bonds. The van der Waals surface area contributed by atoms with E-state index in [4.69, 9.17) is 23.2 Å². The summed E-state index contributed by atoms with van der Waals surface area (Å²) in [5.41, 5.74) is 1.38. The lowest BCUT2D eigenvalue weighted by atomic mass is 10.1. The van der Waals surface area contributed by atoms with Gasteiger partial charge in [0.05, 0.1) is 5.52 Å². The molecule has 3 nitrogen and oxygen atoms in total. The molecule has 0 aliphatic rings. The minimum absolute atomic E-state index is 0.106. The molecule has 1 unspecified atom stereocenters. The van der Waals surface area contributed by atoms with E-state index in [-0.39, 0.29) is 5.91 Å². The van der Waals surface area contributed by atoms with E-state index < -0.39 is 5.38 Å². The number of likely N-dealkylation sites (N-methyl/N-ethyl adjacent to an activating group) is 1. The molecule has 1 aromatic carbocycles. The van der Waals surface area contributed by atoms with Gasteiger partial charge in [-0.2, -0.15) is 0 Å². The van der Waals surface area contributed by atoms with Gasteiger partial charge < -0.3 is 4.90 Å². The fourth-order valence-corrected chi connectivity index (χ4v) is 2.72. The normalized spacial score (nSPS) is 12.4. The lowest BCUT2D eigenvalue weighted by molar-refractivity contribution is -0.130. The van der Waals surface area contributed by atoms with E-state index in [1.54, 1.807) is 23.2 Å². The van der Waals surface area contributed by atoms with E-state index in [0.717, 1.165) is 5.39 Å².